The Hall–Kier alpha value is -6.86. The first-order chi connectivity index (χ1) is 29.0. The molecule has 0 spiro atoms. The van der Waals surface area contributed by atoms with Gasteiger partial charge in [0.25, 0.3) is 5.56 Å². The molecule has 5 heterocycles. The number of ether oxygens (including phenoxy) is 8. The van der Waals surface area contributed by atoms with Crippen LogP contribution in [0.2, 0.25) is 0 Å². The van der Waals surface area contributed by atoms with Gasteiger partial charge in [0.15, 0.2) is 23.9 Å². The molecule has 0 saturated carbocycles. The van der Waals surface area contributed by atoms with E-state index in [1.54, 1.807) is 25.1 Å². The minimum atomic E-state index is -1.98. The Labute approximate surface area is 346 Å². The third kappa shape index (κ3) is 7.61. The average Bonchev–Trinajstić information content (AvgIpc) is 3.58. The number of fused-ring (bicyclic) bond motifs is 5. The number of cyclic esters (lactones) is 1. The Morgan fingerprint density at radius 3 is 2.26 bits per heavy atom. The highest BCUT2D eigenvalue weighted by Crippen LogP contribution is 2.41. The molecule has 61 heavy (non-hydrogen) atoms. The molecular formula is C42H41N3O16. The Bertz CT molecular complexity index is 2590. The summed E-state index contributed by atoms with van der Waals surface area (Å²) in [6.45, 7) is 6.57. The molecule has 3 aliphatic heterocycles. The Balaban J connectivity index is 1.22. The second-order valence-corrected chi connectivity index (χ2v) is 14.5. The Morgan fingerprint density at radius 2 is 1.61 bits per heavy atom. The number of hydrogen-bond acceptors (Lipinski definition) is 18. The van der Waals surface area contributed by atoms with Gasteiger partial charge in [-0.2, -0.15) is 0 Å². The second-order valence-electron chi connectivity index (χ2n) is 14.5. The highest BCUT2D eigenvalue weighted by atomic mass is 16.7. The van der Waals surface area contributed by atoms with Crippen molar-refractivity contribution in [1.29, 1.82) is 0 Å². The lowest BCUT2D eigenvalue weighted by atomic mass is 9.86. The maximum atomic E-state index is 14.0. The normalized spacial score (nSPS) is 22.5. The van der Waals surface area contributed by atoms with Crippen molar-refractivity contribution < 1.29 is 71.8 Å². The third-order valence-electron chi connectivity index (χ3n) is 10.6. The Kier molecular flexibility index (Phi) is 11.3. The maximum Gasteiger partial charge on any atom is 0.347 e. The summed E-state index contributed by atoms with van der Waals surface area (Å²) in [5.41, 5.74) is 7.02. The fourth-order valence-corrected chi connectivity index (χ4v) is 7.88. The lowest BCUT2D eigenvalue weighted by Gasteiger charge is -2.43. The van der Waals surface area contributed by atoms with Crippen LogP contribution in [0.5, 0.6) is 11.5 Å². The summed E-state index contributed by atoms with van der Waals surface area (Å²) < 4.78 is 45.5. The van der Waals surface area contributed by atoms with Gasteiger partial charge in [-0.3, -0.25) is 19.2 Å². The van der Waals surface area contributed by atoms with E-state index < -0.39 is 77.7 Å². The van der Waals surface area contributed by atoms with Crippen LogP contribution in [-0.2, 0) is 77.6 Å². The minimum absolute atomic E-state index is 0.000931. The standard InChI is InChI=1S/C42H41N3O16/c1-7-23-25-14-22(10-12-29(25)44-32-26(23)16-45-30(32)15-28-27(37(45)49)17-55-41(52)42(28,53)8-2)59-38(50)24-11-9-21(43)13-31(24)60-40-36(58-20(5)48)34(57-19(4)47)33(56-18(3)46)35(61-40)39(51)54-6/h9-15,33-36,40,53H,7-8,16-17,43H2,1-6H3/t33-,34-,35-,36+,40+,42-/m0/s1. The molecule has 1 saturated heterocycles. The van der Waals surface area contributed by atoms with Crippen molar-refractivity contribution in [2.24, 2.45) is 0 Å². The summed E-state index contributed by atoms with van der Waals surface area (Å²) in [5, 5.41) is 11.9. The number of methoxy groups -OCH3 is 1. The molecule has 3 aliphatic rings. The van der Waals surface area contributed by atoms with Gasteiger partial charge >= 0.3 is 35.8 Å². The van der Waals surface area contributed by atoms with Crippen molar-refractivity contribution in [3.63, 3.8) is 0 Å². The van der Waals surface area contributed by atoms with Gasteiger partial charge in [0, 0.05) is 49.0 Å². The fraction of sp³-hybridized carbons (Fsp3) is 0.381. The van der Waals surface area contributed by atoms with E-state index in [9.17, 15) is 38.7 Å². The number of anilines is 1. The first-order valence-electron chi connectivity index (χ1n) is 19.1. The van der Waals surface area contributed by atoms with Crippen molar-refractivity contribution in [3.05, 3.63) is 80.6 Å². The number of nitrogens with two attached hydrogens (primary N) is 1. The van der Waals surface area contributed by atoms with Crippen LogP contribution in [0, 0.1) is 0 Å². The van der Waals surface area contributed by atoms with Gasteiger partial charge in [-0.15, -0.1) is 0 Å². The number of nitrogens with zero attached hydrogens (tertiary/aromatic N) is 2. The molecular weight excluding hydrogens is 802 g/mol. The van der Waals surface area contributed by atoms with Crippen LogP contribution < -0.4 is 20.8 Å². The van der Waals surface area contributed by atoms with Gasteiger partial charge in [-0.25, -0.2) is 19.4 Å². The van der Waals surface area contributed by atoms with Gasteiger partial charge in [-0.1, -0.05) is 13.8 Å². The topological polar surface area (TPSA) is 257 Å². The van der Waals surface area contributed by atoms with Gasteiger partial charge in [0.1, 0.15) is 23.7 Å². The van der Waals surface area contributed by atoms with Gasteiger partial charge in [0.05, 0.1) is 36.1 Å². The van der Waals surface area contributed by atoms with E-state index in [0.29, 0.717) is 28.7 Å². The molecule has 0 radical (unpaired) electrons. The van der Waals surface area contributed by atoms with E-state index in [0.717, 1.165) is 39.0 Å². The number of hydrogen-bond donors (Lipinski definition) is 2. The van der Waals surface area contributed by atoms with E-state index in [1.807, 2.05) is 6.92 Å². The summed E-state index contributed by atoms with van der Waals surface area (Å²) in [7, 11) is 1.04. The van der Waals surface area contributed by atoms with Crippen molar-refractivity contribution in [2.45, 2.75) is 96.9 Å². The first-order valence-corrected chi connectivity index (χ1v) is 19.1. The number of carbonyl (C=O) groups excluding carboxylic acids is 6. The smallest absolute Gasteiger partial charge is 0.347 e. The summed E-state index contributed by atoms with van der Waals surface area (Å²) in [5.74, 6) is -5.66. The molecule has 2 aromatic heterocycles. The lowest BCUT2D eigenvalue weighted by molar-refractivity contribution is -0.282. The molecule has 19 heteroatoms. The van der Waals surface area contributed by atoms with E-state index in [1.165, 1.54) is 28.8 Å². The molecule has 0 unspecified atom stereocenters. The number of carbonyl (C=O) groups is 6. The van der Waals surface area contributed by atoms with Crippen LogP contribution >= 0.6 is 0 Å². The lowest BCUT2D eigenvalue weighted by Crippen LogP contribution is -2.64. The SMILES string of the molecule is CCc1c2c(nc3ccc(OC(=O)c4ccc(N)cc4O[C@@H]4O[C@H](C(=O)OC)[C@@H](OC(C)=O)[C@H](OC(C)=O)[C@H]4OC(C)=O)cc13)-c1cc3c(c(=O)n1C2)COC(=O)[C@]3(O)CC. The molecule has 19 nitrogen and oxygen atoms in total. The second kappa shape index (κ2) is 16.3. The molecule has 3 N–H and O–H groups in total. The molecule has 2 aromatic carbocycles. The fourth-order valence-electron chi connectivity index (χ4n) is 7.88. The molecule has 0 amide bonds. The van der Waals surface area contributed by atoms with Crippen molar-refractivity contribution in [2.75, 3.05) is 12.8 Å². The molecule has 7 rings (SSSR count). The minimum Gasteiger partial charge on any atom is -0.467 e. The quantitative estimate of drug-likeness (QED) is 0.0886. The zero-order chi connectivity index (χ0) is 44.1. The molecule has 4 aromatic rings. The van der Waals surface area contributed by atoms with Crippen molar-refractivity contribution >= 4 is 52.4 Å². The number of aryl methyl sites for hydroxylation is 1. The zero-order valence-corrected chi connectivity index (χ0v) is 33.8. The largest absolute Gasteiger partial charge is 0.467 e. The number of aliphatic hydroxyl groups is 1. The van der Waals surface area contributed by atoms with Crippen LogP contribution in [0.15, 0.2) is 47.3 Å². The summed E-state index contributed by atoms with van der Waals surface area (Å²) >= 11 is 0. The average molecular weight is 844 g/mol. The number of esters is 6. The summed E-state index contributed by atoms with van der Waals surface area (Å²) in [6, 6.07) is 10.4. The van der Waals surface area contributed by atoms with Crippen LogP contribution in [0.4, 0.5) is 5.69 Å². The van der Waals surface area contributed by atoms with Crippen molar-refractivity contribution in [1.82, 2.24) is 9.55 Å². The highest BCUT2D eigenvalue weighted by Gasteiger charge is 2.56. The summed E-state index contributed by atoms with van der Waals surface area (Å²) in [6.07, 6.45) is -8.03. The van der Waals surface area contributed by atoms with Gasteiger partial charge < -0.3 is 53.3 Å². The van der Waals surface area contributed by atoms with Crippen LogP contribution in [0.25, 0.3) is 22.3 Å². The predicted octanol–water partition coefficient (Wildman–Crippen LogP) is 2.52. The Morgan fingerprint density at radius 1 is 0.918 bits per heavy atom. The van der Waals surface area contributed by atoms with Gasteiger partial charge in [0.2, 0.25) is 12.4 Å². The van der Waals surface area contributed by atoms with Crippen molar-refractivity contribution in [3.8, 4) is 22.9 Å². The zero-order valence-electron chi connectivity index (χ0n) is 33.8. The number of rotatable bonds is 10. The van der Waals surface area contributed by atoms with E-state index >= 15 is 0 Å². The van der Waals surface area contributed by atoms with Crippen LogP contribution in [0.1, 0.15) is 73.7 Å². The first kappa shape index (κ1) is 42.3. The number of pyridine rings is 2. The maximum absolute atomic E-state index is 14.0. The van der Waals surface area contributed by atoms with Crippen LogP contribution in [-0.4, -0.2) is 88.3 Å². The van der Waals surface area contributed by atoms with Gasteiger partial charge in [-0.05, 0) is 54.8 Å². The highest BCUT2D eigenvalue weighted by molar-refractivity contribution is 5.96. The molecule has 1 fully saturated rings. The predicted molar refractivity (Wildman–Crippen MR) is 208 cm³/mol. The number of aromatic nitrogens is 2. The van der Waals surface area contributed by atoms with E-state index in [-0.39, 0.29) is 53.4 Å². The molecule has 0 bridgehead atoms. The van der Waals surface area contributed by atoms with Crippen LogP contribution in [0.3, 0.4) is 0 Å². The summed E-state index contributed by atoms with van der Waals surface area (Å²) in [4.78, 5) is 94.9. The third-order valence-corrected chi connectivity index (χ3v) is 10.6. The van der Waals surface area contributed by atoms with E-state index in [2.05, 4.69) is 0 Å². The molecule has 6 atom stereocenters. The molecule has 320 valence electrons. The monoisotopic (exact) mass is 843 g/mol. The number of nitrogen functional groups attached to an aromatic ring is 1. The number of benzene rings is 2. The van der Waals surface area contributed by atoms with E-state index in [4.69, 9.17) is 48.6 Å². The molecule has 0 aliphatic carbocycles.